The number of aryl methyl sites for hydroxylation is 1. The molecule has 8 aliphatic rings. The summed E-state index contributed by atoms with van der Waals surface area (Å²) < 4.78 is 13.3. The van der Waals surface area contributed by atoms with Crippen molar-refractivity contribution in [2.24, 2.45) is 38.9 Å². The predicted octanol–water partition coefficient (Wildman–Crippen LogP) is 6.04. The first-order valence-corrected chi connectivity index (χ1v) is 21.1. The minimum absolute atomic E-state index is 0.0168. The van der Waals surface area contributed by atoms with Gasteiger partial charge in [-0.05, 0) is 90.0 Å². The summed E-state index contributed by atoms with van der Waals surface area (Å²) in [5.41, 5.74) is 14.3. The van der Waals surface area contributed by atoms with Gasteiger partial charge in [-0.3, -0.25) is 14.8 Å². The van der Waals surface area contributed by atoms with Crippen molar-refractivity contribution in [3.05, 3.63) is 93.3 Å². The molecule has 5 N–H and O–H groups in total. The van der Waals surface area contributed by atoms with E-state index in [1.807, 2.05) is 61.8 Å². The molecule has 10 rings (SSSR count). The maximum Gasteiger partial charge on any atom is 0.187 e. The Morgan fingerprint density at radius 2 is 1.91 bits per heavy atom. The van der Waals surface area contributed by atoms with Crippen molar-refractivity contribution in [3.8, 4) is 35.4 Å². The highest BCUT2D eigenvalue weighted by atomic mass is 16.5. The van der Waals surface area contributed by atoms with E-state index in [1.54, 1.807) is 0 Å². The van der Waals surface area contributed by atoms with Gasteiger partial charge in [-0.1, -0.05) is 67.9 Å². The van der Waals surface area contributed by atoms with Crippen molar-refractivity contribution < 1.29 is 29.6 Å². The highest BCUT2D eigenvalue weighted by molar-refractivity contribution is 5.90. The predicted molar refractivity (Wildman–Crippen MR) is 220 cm³/mol. The lowest BCUT2D eigenvalue weighted by Crippen LogP contribution is -2.47. The van der Waals surface area contributed by atoms with Crippen LogP contribution in [0.5, 0.6) is 11.5 Å². The number of hydrogen-bond donors (Lipinski definition) is 4. The van der Waals surface area contributed by atoms with Gasteiger partial charge in [0.05, 0.1) is 29.2 Å². The topological polar surface area (TPSA) is 150 Å². The average Bonchev–Trinajstić information content (AvgIpc) is 3.96. The molecule has 1 spiro atoms. The van der Waals surface area contributed by atoms with Crippen LogP contribution in [0.15, 0.2) is 75.5 Å². The van der Waals surface area contributed by atoms with Gasteiger partial charge in [0.25, 0.3) is 0 Å². The number of nitrogens with zero attached hydrogens (tertiary/aromatic N) is 3. The third kappa shape index (κ3) is 6.42. The van der Waals surface area contributed by atoms with Gasteiger partial charge in [0, 0.05) is 61.3 Å². The van der Waals surface area contributed by atoms with Gasteiger partial charge in [-0.15, -0.1) is 0 Å². The van der Waals surface area contributed by atoms with E-state index in [4.69, 9.17) is 20.2 Å². The summed E-state index contributed by atoms with van der Waals surface area (Å²) >= 11 is 0. The molecule has 10 atom stereocenters. The molecule has 5 heterocycles. The molecule has 1 fully saturated rings. The third-order valence-corrected chi connectivity index (χ3v) is 14.0. The minimum atomic E-state index is -1.05. The zero-order valence-electron chi connectivity index (χ0n) is 32.8. The van der Waals surface area contributed by atoms with E-state index >= 15 is 0 Å². The third-order valence-electron chi connectivity index (χ3n) is 14.0. The summed E-state index contributed by atoms with van der Waals surface area (Å²) in [7, 11) is 0. The van der Waals surface area contributed by atoms with Gasteiger partial charge in [0.15, 0.2) is 17.7 Å². The van der Waals surface area contributed by atoms with Gasteiger partial charge in [0.2, 0.25) is 0 Å². The number of aliphatic hydroxyl groups excluding tert-OH is 3. The second-order valence-electron chi connectivity index (χ2n) is 17.6. The molecule has 0 unspecified atom stereocenters. The van der Waals surface area contributed by atoms with Crippen LogP contribution in [0.1, 0.15) is 117 Å². The molecule has 2 aromatic carbocycles. The fraction of sp³-hybridized carbons (Fsp3) is 0.479. The Labute approximate surface area is 339 Å². The number of aliphatic hydroxyl groups is 3. The highest BCUT2D eigenvalue weighted by Crippen LogP contribution is 2.53. The molecule has 3 aliphatic carbocycles. The number of aliphatic imine (C=N–C) groups is 2. The molecule has 298 valence electrons. The van der Waals surface area contributed by atoms with Gasteiger partial charge in [-0.2, -0.15) is 0 Å². The van der Waals surface area contributed by atoms with E-state index < -0.39 is 48.0 Å². The molecule has 2 bridgehead atoms. The van der Waals surface area contributed by atoms with E-state index in [-0.39, 0.29) is 36.4 Å². The maximum absolute atomic E-state index is 13.2. The average molecular weight is 779 g/mol. The zero-order valence-corrected chi connectivity index (χ0v) is 32.8. The Bertz CT molecular complexity index is 2330. The number of Topliss-reactive ketones (excluding diaryl/α,β-unsaturated/α-hetero) is 1. The van der Waals surface area contributed by atoms with Crippen molar-refractivity contribution in [1.82, 2.24) is 4.90 Å². The Morgan fingerprint density at radius 3 is 2.76 bits per heavy atom. The van der Waals surface area contributed by atoms with Crippen molar-refractivity contribution in [1.29, 1.82) is 0 Å². The first kappa shape index (κ1) is 37.3. The summed E-state index contributed by atoms with van der Waals surface area (Å²) in [4.78, 5) is 25.0. The van der Waals surface area contributed by atoms with Crippen molar-refractivity contribution in [3.63, 3.8) is 0 Å². The van der Waals surface area contributed by atoms with E-state index in [0.29, 0.717) is 30.9 Å². The zero-order chi connectivity index (χ0) is 39.7. The molecule has 58 heavy (non-hydrogen) atoms. The number of nitrogens with two attached hydrogens (primary N) is 1. The molecule has 10 heteroatoms. The number of allylic oxidation sites excluding steroid dienone is 2. The number of rotatable bonds is 6. The van der Waals surface area contributed by atoms with Crippen molar-refractivity contribution in [2.75, 3.05) is 6.54 Å². The standard InChI is InChI=1S/C48H50N4O6/c1-27-4-9-32(40(55)20-27)41(56)22-30(53)8-5-28-6-15-42-43(21-28)58-47-37(48(18-19-57-42)16-2-3-17-48)13-14-39(54)33-11-12-34-44-29(23-51-46(34)49)7-10-31(45(33)44)35-24-50-38-26-52(47)25-36(35)38/h4,6,9,11-12,15,21,23-24,26-27,29,31-32,37,39-41,46-47,54-56H,2-3,5,7-8,10,16-17,20,22,25,49H2,1H3/t27-,29-,31-,32+,37-,39+,40-,41+,46-,47-/m1/s1. The number of ketones is 1. The molecule has 0 aromatic heterocycles. The van der Waals surface area contributed by atoms with E-state index in [1.165, 1.54) is 5.56 Å². The van der Waals surface area contributed by atoms with Crippen LogP contribution in [0.3, 0.4) is 0 Å². The summed E-state index contributed by atoms with van der Waals surface area (Å²) in [5.74, 6) is 11.0. The van der Waals surface area contributed by atoms with E-state index in [9.17, 15) is 20.1 Å². The van der Waals surface area contributed by atoms with Gasteiger partial charge >= 0.3 is 0 Å². The first-order chi connectivity index (χ1) is 28.2. The van der Waals surface area contributed by atoms with Gasteiger partial charge < -0.3 is 35.4 Å². The van der Waals surface area contributed by atoms with Crippen LogP contribution in [-0.4, -0.2) is 63.4 Å². The monoisotopic (exact) mass is 778 g/mol. The molecular formula is C48H50N4O6. The maximum atomic E-state index is 13.2. The van der Waals surface area contributed by atoms with Crippen LogP contribution in [0.2, 0.25) is 0 Å². The van der Waals surface area contributed by atoms with Crippen LogP contribution >= 0.6 is 0 Å². The second kappa shape index (κ2) is 14.7. The lowest BCUT2D eigenvalue weighted by atomic mass is 9.68. The number of fused-ring (bicyclic) bond motifs is 6. The van der Waals surface area contributed by atoms with E-state index in [2.05, 4.69) is 40.0 Å². The summed E-state index contributed by atoms with van der Waals surface area (Å²) in [6.07, 6.45) is 16.0. The molecule has 2 aromatic rings. The van der Waals surface area contributed by atoms with Crippen molar-refractivity contribution >= 4 is 18.2 Å². The van der Waals surface area contributed by atoms with E-state index in [0.717, 1.165) is 77.6 Å². The van der Waals surface area contributed by atoms with Gasteiger partial charge in [-0.25, -0.2) is 0 Å². The summed E-state index contributed by atoms with van der Waals surface area (Å²) in [5, 5.41) is 33.5. The molecular weight excluding hydrogens is 729 g/mol. The number of hydrogen-bond acceptors (Lipinski definition) is 10. The largest absolute Gasteiger partial charge is 0.465 e. The Morgan fingerprint density at radius 1 is 1.07 bits per heavy atom. The van der Waals surface area contributed by atoms with Gasteiger partial charge in [0.1, 0.15) is 24.2 Å². The lowest BCUT2D eigenvalue weighted by molar-refractivity contribution is -0.122. The van der Waals surface area contributed by atoms with Crippen molar-refractivity contribution in [2.45, 2.75) is 114 Å². The first-order valence-electron chi connectivity index (χ1n) is 21.1. The highest BCUT2D eigenvalue weighted by Gasteiger charge is 2.49. The van der Waals surface area contributed by atoms with Crippen LogP contribution in [-0.2, 0) is 11.2 Å². The lowest BCUT2D eigenvalue weighted by Gasteiger charge is -2.40. The second-order valence-corrected chi connectivity index (χ2v) is 17.6. The Hall–Kier alpha value is -4.97. The smallest absolute Gasteiger partial charge is 0.187 e. The number of carbonyl (C=O) groups is 1. The SMILES string of the molecule is C[C@@H]1C=C[C@H]([C@@H](O)CC(=O)CCc2ccc3c(c2)O[C@@H]2[C@@H](C#C[C@H](O)c4ccc5c6c4[C@H](CC[C@@H]6C=N[C@H]5N)C4=C5CN2C=C5N=C4)C2(C#CO3)CCCC2)[C@H](O)C1. The van der Waals surface area contributed by atoms with Crippen LogP contribution in [0.25, 0.3) is 0 Å². The minimum Gasteiger partial charge on any atom is -0.465 e. The van der Waals surface area contributed by atoms with Crippen LogP contribution < -0.4 is 15.2 Å². The number of benzene rings is 2. The molecule has 5 aliphatic heterocycles. The molecule has 1 saturated carbocycles. The quantitative estimate of drug-likeness (QED) is 0.205. The number of carbonyl (C=O) groups excluding carboxylic acids is 1. The number of ether oxygens (including phenoxy) is 2. The molecule has 0 radical (unpaired) electrons. The van der Waals surface area contributed by atoms with Crippen LogP contribution in [0, 0.1) is 47.0 Å². The normalized spacial score (nSPS) is 32.3. The Balaban J connectivity index is 1.00. The fourth-order valence-corrected chi connectivity index (χ4v) is 10.9. The fourth-order valence-electron chi connectivity index (χ4n) is 10.9. The summed E-state index contributed by atoms with van der Waals surface area (Å²) in [6, 6.07) is 9.73. The molecule has 10 nitrogen and oxygen atoms in total. The summed E-state index contributed by atoms with van der Waals surface area (Å²) in [6.45, 7) is 2.61. The van der Waals surface area contributed by atoms with Crippen LogP contribution in [0.4, 0.5) is 0 Å². The Kier molecular flexibility index (Phi) is 9.45. The molecule has 0 amide bonds. The molecule has 0 saturated heterocycles.